The predicted octanol–water partition coefficient (Wildman–Crippen LogP) is 2.56. The van der Waals surface area contributed by atoms with Crippen LogP contribution in [0.4, 0.5) is 4.39 Å². The second-order valence-electron chi connectivity index (χ2n) is 4.02. The predicted molar refractivity (Wildman–Crippen MR) is 67.9 cm³/mol. The Kier molecular flexibility index (Phi) is 3.59. The van der Waals surface area contributed by atoms with Gasteiger partial charge in [0, 0.05) is 17.7 Å². The lowest BCUT2D eigenvalue weighted by Crippen LogP contribution is -2.16. The van der Waals surface area contributed by atoms with Gasteiger partial charge in [0.05, 0.1) is 18.1 Å². The van der Waals surface area contributed by atoms with Gasteiger partial charge in [0.1, 0.15) is 5.82 Å². The highest BCUT2D eigenvalue weighted by Gasteiger charge is 2.11. The Hall–Kier alpha value is -1.20. The third-order valence-corrected chi connectivity index (χ3v) is 3.07. The van der Waals surface area contributed by atoms with Crippen molar-refractivity contribution in [2.45, 2.75) is 12.5 Å². The Balaban J connectivity index is 2.18. The standard InChI is InChI=1S/C12H13BrFN3/c1-17-7-16-6-12(17)11(15)4-8-2-9(13)5-10(14)3-8/h2-3,5-7,11H,4,15H2,1H3. The number of nitrogens with two attached hydrogens (primary N) is 1. The highest BCUT2D eigenvalue weighted by Crippen LogP contribution is 2.20. The molecule has 0 aliphatic rings. The van der Waals surface area contributed by atoms with Crippen LogP contribution in [0.1, 0.15) is 17.3 Å². The third kappa shape index (κ3) is 2.92. The quantitative estimate of drug-likeness (QED) is 0.946. The minimum atomic E-state index is -0.258. The highest BCUT2D eigenvalue weighted by atomic mass is 79.9. The van der Waals surface area contributed by atoms with Crippen molar-refractivity contribution < 1.29 is 4.39 Å². The number of hydrogen-bond donors (Lipinski definition) is 1. The number of aromatic nitrogens is 2. The monoisotopic (exact) mass is 297 g/mol. The van der Waals surface area contributed by atoms with E-state index in [0.717, 1.165) is 15.7 Å². The molecule has 1 aromatic heterocycles. The molecule has 0 amide bonds. The Bertz CT molecular complexity index is 504. The first-order valence-corrected chi connectivity index (χ1v) is 6.02. The van der Waals surface area contributed by atoms with E-state index in [2.05, 4.69) is 20.9 Å². The van der Waals surface area contributed by atoms with Crippen molar-refractivity contribution in [2.75, 3.05) is 0 Å². The first-order valence-electron chi connectivity index (χ1n) is 5.23. The van der Waals surface area contributed by atoms with E-state index in [1.54, 1.807) is 12.5 Å². The third-order valence-electron chi connectivity index (χ3n) is 2.61. The van der Waals surface area contributed by atoms with Crippen LogP contribution in [0.25, 0.3) is 0 Å². The molecule has 5 heteroatoms. The van der Waals surface area contributed by atoms with Gasteiger partial charge in [-0.15, -0.1) is 0 Å². The van der Waals surface area contributed by atoms with Gasteiger partial charge < -0.3 is 10.3 Å². The lowest BCUT2D eigenvalue weighted by atomic mass is 10.0. The summed E-state index contributed by atoms with van der Waals surface area (Å²) in [6.45, 7) is 0. The number of halogens is 2. The molecule has 0 aliphatic heterocycles. The molecule has 2 N–H and O–H groups in total. The molecule has 0 spiro atoms. The fraction of sp³-hybridized carbons (Fsp3) is 0.250. The van der Waals surface area contributed by atoms with Gasteiger partial charge in [-0.2, -0.15) is 0 Å². The Morgan fingerprint density at radius 2 is 2.24 bits per heavy atom. The topological polar surface area (TPSA) is 43.8 Å². The van der Waals surface area contributed by atoms with Crippen molar-refractivity contribution in [3.63, 3.8) is 0 Å². The lowest BCUT2D eigenvalue weighted by Gasteiger charge is -2.12. The van der Waals surface area contributed by atoms with Gasteiger partial charge in [-0.1, -0.05) is 15.9 Å². The second kappa shape index (κ2) is 4.98. The van der Waals surface area contributed by atoms with Crippen LogP contribution in [0.15, 0.2) is 35.2 Å². The molecule has 1 atom stereocenters. The molecule has 1 heterocycles. The van der Waals surface area contributed by atoms with E-state index in [4.69, 9.17) is 5.73 Å². The largest absolute Gasteiger partial charge is 0.336 e. The molecule has 0 aliphatic carbocycles. The second-order valence-corrected chi connectivity index (χ2v) is 4.93. The summed E-state index contributed by atoms with van der Waals surface area (Å²) in [5.74, 6) is -0.258. The number of benzene rings is 1. The van der Waals surface area contributed by atoms with Crippen LogP contribution in [0.2, 0.25) is 0 Å². The number of aryl methyl sites for hydroxylation is 1. The Labute approximate surface area is 108 Å². The zero-order valence-corrected chi connectivity index (χ0v) is 11.0. The van der Waals surface area contributed by atoms with Gasteiger partial charge in [-0.3, -0.25) is 0 Å². The van der Waals surface area contributed by atoms with Crippen LogP contribution in [-0.2, 0) is 13.5 Å². The van der Waals surface area contributed by atoms with Crippen LogP contribution in [0.3, 0.4) is 0 Å². The van der Waals surface area contributed by atoms with E-state index in [1.807, 2.05) is 17.7 Å². The summed E-state index contributed by atoms with van der Waals surface area (Å²) in [5.41, 5.74) is 7.88. The van der Waals surface area contributed by atoms with Crippen LogP contribution < -0.4 is 5.73 Å². The molecule has 0 fully saturated rings. The molecule has 1 unspecified atom stereocenters. The minimum Gasteiger partial charge on any atom is -0.336 e. The first-order chi connectivity index (χ1) is 8.06. The van der Waals surface area contributed by atoms with E-state index < -0.39 is 0 Å². The number of rotatable bonds is 3. The average Bonchev–Trinajstić information content (AvgIpc) is 2.62. The molecule has 0 radical (unpaired) electrons. The van der Waals surface area contributed by atoms with Gasteiger partial charge in [0.15, 0.2) is 0 Å². The molecule has 0 saturated heterocycles. The van der Waals surface area contributed by atoms with Crippen molar-refractivity contribution in [3.8, 4) is 0 Å². The van der Waals surface area contributed by atoms with Gasteiger partial charge >= 0.3 is 0 Å². The van der Waals surface area contributed by atoms with Crippen molar-refractivity contribution in [2.24, 2.45) is 12.8 Å². The van der Waals surface area contributed by atoms with Crippen LogP contribution in [0, 0.1) is 5.82 Å². The maximum absolute atomic E-state index is 13.2. The average molecular weight is 298 g/mol. The normalized spacial score (nSPS) is 12.7. The lowest BCUT2D eigenvalue weighted by molar-refractivity contribution is 0.616. The van der Waals surface area contributed by atoms with Gasteiger partial charge in [-0.25, -0.2) is 9.37 Å². The SMILES string of the molecule is Cn1cncc1C(N)Cc1cc(F)cc(Br)c1. The van der Waals surface area contributed by atoms with Crippen LogP contribution in [-0.4, -0.2) is 9.55 Å². The first kappa shape index (κ1) is 12.3. The van der Waals surface area contributed by atoms with E-state index in [9.17, 15) is 4.39 Å². The maximum Gasteiger partial charge on any atom is 0.124 e. The maximum atomic E-state index is 13.2. The number of imidazole rings is 1. The van der Waals surface area contributed by atoms with Gasteiger partial charge in [0.2, 0.25) is 0 Å². The van der Waals surface area contributed by atoms with Crippen molar-refractivity contribution in [1.82, 2.24) is 9.55 Å². The fourth-order valence-electron chi connectivity index (χ4n) is 1.81. The molecule has 2 aromatic rings. The summed E-state index contributed by atoms with van der Waals surface area (Å²) < 4.78 is 15.8. The highest BCUT2D eigenvalue weighted by molar-refractivity contribution is 9.10. The molecule has 0 saturated carbocycles. The summed E-state index contributed by atoms with van der Waals surface area (Å²) in [6, 6.07) is 4.62. The molecule has 1 aromatic carbocycles. The number of nitrogens with zero attached hydrogens (tertiary/aromatic N) is 2. The Morgan fingerprint density at radius 1 is 1.47 bits per heavy atom. The minimum absolute atomic E-state index is 0.184. The molecule has 3 nitrogen and oxygen atoms in total. The summed E-state index contributed by atoms with van der Waals surface area (Å²) in [6.07, 6.45) is 4.02. The zero-order valence-electron chi connectivity index (χ0n) is 9.40. The molecule has 90 valence electrons. The molecule has 2 rings (SSSR count). The van der Waals surface area contributed by atoms with Gasteiger partial charge in [0.25, 0.3) is 0 Å². The molecule has 17 heavy (non-hydrogen) atoms. The summed E-state index contributed by atoms with van der Waals surface area (Å²) in [4.78, 5) is 4.02. The summed E-state index contributed by atoms with van der Waals surface area (Å²) in [5, 5.41) is 0. The summed E-state index contributed by atoms with van der Waals surface area (Å²) in [7, 11) is 1.89. The molecular weight excluding hydrogens is 285 g/mol. The van der Waals surface area contributed by atoms with E-state index in [0.29, 0.717) is 6.42 Å². The fourth-order valence-corrected chi connectivity index (χ4v) is 2.32. The van der Waals surface area contributed by atoms with Crippen molar-refractivity contribution >= 4 is 15.9 Å². The molecule has 0 bridgehead atoms. The zero-order chi connectivity index (χ0) is 12.4. The van der Waals surface area contributed by atoms with Gasteiger partial charge in [-0.05, 0) is 30.2 Å². The van der Waals surface area contributed by atoms with E-state index in [-0.39, 0.29) is 11.9 Å². The Morgan fingerprint density at radius 3 is 2.82 bits per heavy atom. The van der Waals surface area contributed by atoms with E-state index in [1.165, 1.54) is 12.1 Å². The molecular formula is C12H13BrFN3. The van der Waals surface area contributed by atoms with Crippen LogP contribution >= 0.6 is 15.9 Å². The van der Waals surface area contributed by atoms with Crippen LogP contribution in [0.5, 0.6) is 0 Å². The van der Waals surface area contributed by atoms with Crippen molar-refractivity contribution in [1.29, 1.82) is 0 Å². The smallest absolute Gasteiger partial charge is 0.124 e. The van der Waals surface area contributed by atoms with E-state index >= 15 is 0 Å². The van der Waals surface area contributed by atoms with Crippen molar-refractivity contribution in [3.05, 3.63) is 52.3 Å². The summed E-state index contributed by atoms with van der Waals surface area (Å²) >= 11 is 3.27. The number of hydrogen-bond acceptors (Lipinski definition) is 2.